The third kappa shape index (κ3) is 2.33. The van der Waals surface area contributed by atoms with E-state index >= 15 is 0 Å². The van der Waals surface area contributed by atoms with E-state index in [9.17, 15) is 24.2 Å². The van der Waals surface area contributed by atoms with Gasteiger partial charge in [-0.1, -0.05) is 26.3 Å². The van der Waals surface area contributed by atoms with Crippen LogP contribution in [0.3, 0.4) is 0 Å². The normalized spacial score (nSPS) is 51.9. The standard InChI is InChI=1S/C22H31FO4/c1-12-8-14-15-5-7-22(27,18(26)11-23)21(15,3)10-17(25)19(14)20(2)6-4-13(24)9-16(12)20/h9,12,14-15,17,19,25,27H,4-8,10-11H2,1-3H3/t12-,14?,15?,17?,19?,20?,21?,22-/m0/s1. The van der Waals surface area contributed by atoms with Crippen molar-refractivity contribution in [2.24, 2.45) is 34.5 Å². The molecule has 0 aromatic rings. The molecule has 0 aromatic carbocycles. The molecule has 2 N–H and O–H groups in total. The summed E-state index contributed by atoms with van der Waals surface area (Å²) in [7, 11) is 0. The number of ketones is 2. The molecule has 0 aliphatic heterocycles. The minimum absolute atomic E-state index is 0.0222. The maximum Gasteiger partial charge on any atom is 0.195 e. The summed E-state index contributed by atoms with van der Waals surface area (Å²) in [5, 5.41) is 22.4. The summed E-state index contributed by atoms with van der Waals surface area (Å²) in [6.45, 7) is 5.04. The summed E-state index contributed by atoms with van der Waals surface area (Å²) in [5.41, 5.74) is -1.53. The third-order valence-corrected chi connectivity index (χ3v) is 8.95. The number of fused-ring (bicyclic) bond motifs is 5. The fourth-order valence-corrected chi connectivity index (χ4v) is 7.69. The summed E-state index contributed by atoms with van der Waals surface area (Å²) in [4.78, 5) is 24.3. The summed E-state index contributed by atoms with van der Waals surface area (Å²) in [6, 6.07) is 0. The van der Waals surface area contributed by atoms with E-state index in [4.69, 9.17) is 0 Å². The van der Waals surface area contributed by atoms with E-state index in [0.29, 0.717) is 19.3 Å². The topological polar surface area (TPSA) is 74.6 Å². The monoisotopic (exact) mass is 378 g/mol. The molecule has 4 aliphatic carbocycles. The second-order valence-corrected chi connectivity index (χ2v) is 10.1. The van der Waals surface area contributed by atoms with Gasteiger partial charge in [-0.2, -0.15) is 0 Å². The molecule has 0 radical (unpaired) electrons. The lowest BCUT2D eigenvalue weighted by molar-refractivity contribution is -0.183. The lowest BCUT2D eigenvalue weighted by atomic mass is 9.44. The predicted octanol–water partition coefficient (Wildman–Crippen LogP) is 3.00. The number of aliphatic hydroxyl groups is 2. The first-order valence-corrected chi connectivity index (χ1v) is 10.3. The molecule has 0 heterocycles. The summed E-state index contributed by atoms with van der Waals surface area (Å²) in [5.74, 6) is -0.0475. The molecule has 4 aliphatic rings. The molecule has 8 atom stereocenters. The number of carbonyl (C=O) groups excluding carboxylic acids is 2. The van der Waals surface area contributed by atoms with Gasteiger partial charge in [0.05, 0.1) is 6.10 Å². The first-order chi connectivity index (χ1) is 12.6. The van der Waals surface area contributed by atoms with Crippen molar-refractivity contribution in [3.05, 3.63) is 11.6 Å². The molecule has 0 aromatic heterocycles. The highest BCUT2D eigenvalue weighted by Crippen LogP contribution is 2.68. The summed E-state index contributed by atoms with van der Waals surface area (Å²) < 4.78 is 13.2. The first-order valence-electron chi connectivity index (χ1n) is 10.3. The Labute approximate surface area is 160 Å². The van der Waals surface area contributed by atoms with Gasteiger partial charge < -0.3 is 10.2 Å². The number of rotatable bonds is 2. The van der Waals surface area contributed by atoms with Crippen LogP contribution in [0.1, 0.15) is 59.3 Å². The van der Waals surface area contributed by atoms with E-state index < -0.39 is 29.6 Å². The minimum Gasteiger partial charge on any atom is -0.393 e. The molecule has 4 rings (SSSR count). The molecular formula is C22H31FO4. The summed E-state index contributed by atoms with van der Waals surface area (Å²) in [6.07, 6.45) is 4.52. The van der Waals surface area contributed by atoms with Crippen LogP contribution >= 0.6 is 0 Å². The van der Waals surface area contributed by atoms with Crippen LogP contribution in [0.5, 0.6) is 0 Å². The van der Waals surface area contributed by atoms with Gasteiger partial charge in [-0.25, -0.2) is 4.39 Å². The van der Waals surface area contributed by atoms with Crippen LogP contribution in [-0.2, 0) is 9.59 Å². The van der Waals surface area contributed by atoms with Gasteiger partial charge in [0.1, 0.15) is 5.60 Å². The molecule has 3 fully saturated rings. The van der Waals surface area contributed by atoms with Gasteiger partial charge in [-0.15, -0.1) is 0 Å². The molecule has 150 valence electrons. The van der Waals surface area contributed by atoms with Crippen molar-refractivity contribution in [1.29, 1.82) is 0 Å². The Balaban J connectivity index is 1.77. The van der Waals surface area contributed by atoms with Crippen LogP contribution in [-0.4, -0.2) is 40.2 Å². The zero-order valence-electron chi connectivity index (χ0n) is 16.5. The Bertz CT molecular complexity index is 717. The zero-order valence-corrected chi connectivity index (χ0v) is 16.5. The highest BCUT2D eigenvalue weighted by atomic mass is 19.1. The molecular weight excluding hydrogens is 347 g/mol. The van der Waals surface area contributed by atoms with E-state index in [1.165, 1.54) is 0 Å². The van der Waals surface area contributed by atoms with Gasteiger partial charge in [0.2, 0.25) is 0 Å². The number of hydrogen-bond acceptors (Lipinski definition) is 4. The molecule has 6 unspecified atom stereocenters. The van der Waals surface area contributed by atoms with E-state index in [1.54, 1.807) is 0 Å². The quantitative estimate of drug-likeness (QED) is 0.775. The number of hydrogen-bond donors (Lipinski definition) is 2. The van der Waals surface area contributed by atoms with Crippen LogP contribution in [0.25, 0.3) is 0 Å². The van der Waals surface area contributed by atoms with Crippen molar-refractivity contribution in [2.45, 2.75) is 71.0 Å². The van der Waals surface area contributed by atoms with Crippen molar-refractivity contribution in [2.75, 3.05) is 6.67 Å². The molecule has 4 nitrogen and oxygen atoms in total. The van der Waals surface area contributed by atoms with Crippen molar-refractivity contribution >= 4 is 11.6 Å². The smallest absolute Gasteiger partial charge is 0.195 e. The van der Waals surface area contributed by atoms with Gasteiger partial charge in [0.25, 0.3) is 0 Å². The molecule has 5 heteroatoms. The maximum atomic E-state index is 13.2. The predicted molar refractivity (Wildman–Crippen MR) is 98.6 cm³/mol. The van der Waals surface area contributed by atoms with Crippen molar-refractivity contribution in [1.82, 2.24) is 0 Å². The maximum absolute atomic E-state index is 13.2. The SMILES string of the molecule is C[C@H]1CC2C(C(O)CC3(C)C2CC[C@]3(O)C(=O)CF)C2(C)CCC(=O)C=C12. The van der Waals surface area contributed by atoms with Crippen LogP contribution < -0.4 is 0 Å². The number of aliphatic hydroxyl groups excluding tert-OH is 1. The van der Waals surface area contributed by atoms with Gasteiger partial charge in [0.15, 0.2) is 18.2 Å². The fraction of sp³-hybridized carbons (Fsp3) is 0.818. The summed E-state index contributed by atoms with van der Waals surface area (Å²) >= 11 is 0. The van der Waals surface area contributed by atoms with Gasteiger partial charge in [0, 0.05) is 11.8 Å². The lowest BCUT2D eigenvalue weighted by Gasteiger charge is -2.61. The number of halogens is 1. The first kappa shape index (κ1) is 19.3. The molecule has 3 saturated carbocycles. The Morgan fingerprint density at radius 1 is 1.33 bits per heavy atom. The lowest BCUT2D eigenvalue weighted by Crippen LogP contribution is -2.62. The van der Waals surface area contributed by atoms with Crippen molar-refractivity contribution < 1.29 is 24.2 Å². The van der Waals surface area contributed by atoms with Gasteiger partial charge in [-0.05, 0) is 67.3 Å². The highest BCUT2D eigenvalue weighted by molar-refractivity contribution is 5.92. The molecule has 27 heavy (non-hydrogen) atoms. The Morgan fingerprint density at radius 2 is 2.04 bits per heavy atom. The van der Waals surface area contributed by atoms with Crippen LogP contribution in [0, 0.1) is 34.5 Å². The van der Waals surface area contributed by atoms with Crippen LogP contribution in [0.15, 0.2) is 11.6 Å². The third-order valence-electron chi connectivity index (χ3n) is 8.95. The number of carbonyl (C=O) groups is 2. The number of allylic oxidation sites excluding steroid dienone is 1. The number of Topliss-reactive ketones (excluding diaryl/α,β-unsaturated/α-hetero) is 1. The molecule has 0 saturated heterocycles. The Kier molecular flexibility index (Phi) is 4.25. The van der Waals surface area contributed by atoms with Gasteiger partial charge >= 0.3 is 0 Å². The largest absolute Gasteiger partial charge is 0.393 e. The van der Waals surface area contributed by atoms with Crippen molar-refractivity contribution in [3.8, 4) is 0 Å². The Morgan fingerprint density at radius 3 is 2.70 bits per heavy atom. The highest BCUT2D eigenvalue weighted by Gasteiger charge is 2.68. The van der Waals surface area contributed by atoms with Crippen molar-refractivity contribution in [3.63, 3.8) is 0 Å². The average molecular weight is 378 g/mol. The van der Waals surface area contributed by atoms with E-state index in [1.807, 2.05) is 13.0 Å². The zero-order chi connectivity index (χ0) is 19.8. The fourth-order valence-electron chi connectivity index (χ4n) is 7.69. The Hall–Kier alpha value is -1.07. The second kappa shape index (κ2) is 5.96. The van der Waals surface area contributed by atoms with E-state index in [-0.39, 0.29) is 41.3 Å². The van der Waals surface area contributed by atoms with Crippen LogP contribution in [0.4, 0.5) is 4.39 Å². The molecule has 0 amide bonds. The minimum atomic E-state index is -1.68. The average Bonchev–Trinajstić information content (AvgIpc) is 2.87. The second-order valence-electron chi connectivity index (χ2n) is 10.1. The van der Waals surface area contributed by atoms with E-state index in [2.05, 4.69) is 13.8 Å². The van der Waals surface area contributed by atoms with Crippen LogP contribution in [0.2, 0.25) is 0 Å². The van der Waals surface area contributed by atoms with Gasteiger partial charge in [-0.3, -0.25) is 9.59 Å². The van der Waals surface area contributed by atoms with E-state index in [0.717, 1.165) is 18.4 Å². The number of alkyl halides is 1. The molecule has 0 bridgehead atoms. The molecule has 0 spiro atoms.